The zero-order valence-electron chi connectivity index (χ0n) is 17.1. The molecule has 1 fully saturated rings. The maximum Gasteiger partial charge on any atom is 0.534 e. The van der Waals surface area contributed by atoms with Crippen LogP contribution in [0.4, 0.5) is 18.0 Å². The van der Waals surface area contributed by atoms with E-state index in [1.54, 1.807) is 4.90 Å². The monoisotopic (exact) mass is 484 g/mol. The summed E-state index contributed by atoms with van der Waals surface area (Å²) in [5.74, 6) is -0.742. The standard InChI is InChI=1S/C20H19F3N4O5S/c21-20(22,23)33(29,30)32-18-9-11-27-17(24-18)12-15(25-27)16-8-4-5-10-26(16)19(28)31-13-14-6-2-1-3-7-14/h1-3,6-7,9,11-12,16H,4-5,8,10,13H2/t16-/m0/s1. The number of carbonyl (C=O) groups excluding carboxylic acids is 1. The minimum atomic E-state index is -5.84. The number of piperidine rings is 1. The van der Waals surface area contributed by atoms with Gasteiger partial charge in [-0.15, -0.1) is 0 Å². The molecule has 0 bridgehead atoms. The van der Waals surface area contributed by atoms with E-state index in [-0.39, 0.29) is 12.3 Å². The smallest absolute Gasteiger partial charge is 0.445 e. The predicted octanol–water partition coefficient (Wildman–Crippen LogP) is 3.82. The summed E-state index contributed by atoms with van der Waals surface area (Å²) in [6.45, 7) is 0.571. The van der Waals surface area contributed by atoms with Gasteiger partial charge in [0.25, 0.3) is 0 Å². The largest absolute Gasteiger partial charge is 0.534 e. The second-order valence-electron chi connectivity index (χ2n) is 7.37. The summed E-state index contributed by atoms with van der Waals surface area (Å²) in [5, 5.41) is 4.35. The molecule has 3 aromatic rings. The van der Waals surface area contributed by atoms with Crippen LogP contribution in [0.15, 0.2) is 48.7 Å². The second kappa shape index (κ2) is 8.89. The molecule has 1 saturated heterocycles. The van der Waals surface area contributed by atoms with Crippen molar-refractivity contribution < 1.29 is 35.3 Å². The van der Waals surface area contributed by atoms with Crippen LogP contribution >= 0.6 is 0 Å². The molecule has 1 aliphatic heterocycles. The first kappa shape index (κ1) is 22.8. The number of hydrogen-bond acceptors (Lipinski definition) is 7. The molecule has 9 nitrogen and oxygen atoms in total. The van der Waals surface area contributed by atoms with E-state index in [1.165, 1.54) is 16.8 Å². The summed E-state index contributed by atoms with van der Waals surface area (Å²) in [7, 11) is -5.84. The highest BCUT2D eigenvalue weighted by atomic mass is 32.2. The van der Waals surface area contributed by atoms with Crippen LogP contribution in [0.3, 0.4) is 0 Å². The fourth-order valence-electron chi connectivity index (χ4n) is 3.51. The van der Waals surface area contributed by atoms with Crippen molar-refractivity contribution in [3.8, 4) is 5.88 Å². The molecule has 1 amide bonds. The molecule has 1 atom stereocenters. The molecule has 1 aliphatic rings. The maximum atomic E-state index is 12.7. The Morgan fingerprint density at radius 3 is 2.64 bits per heavy atom. The van der Waals surface area contributed by atoms with E-state index >= 15 is 0 Å². The molecular formula is C20H19F3N4O5S. The van der Waals surface area contributed by atoms with Gasteiger partial charge in [-0.1, -0.05) is 30.3 Å². The first-order valence-electron chi connectivity index (χ1n) is 9.98. The molecule has 1 aromatic carbocycles. The number of likely N-dealkylation sites (tertiary alicyclic amines) is 1. The van der Waals surface area contributed by atoms with Gasteiger partial charge in [0.15, 0.2) is 5.65 Å². The summed E-state index contributed by atoms with van der Waals surface area (Å²) in [5.41, 5.74) is -4.20. The van der Waals surface area contributed by atoms with E-state index in [2.05, 4.69) is 14.3 Å². The Hall–Kier alpha value is -3.35. The van der Waals surface area contributed by atoms with E-state index in [0.29, 0.717) is 18.7 Å². The zero-order chi connectivity index (χ0) is 23.6. The Kier molecular flexibility index (Phi) is 6.15. The van der Waals surface area contributed by atoms with Gasteiger partial charge in [0, 0.05) is 24.9 Å². The molecule has 3 heterocycles. The Morgan fingerprint density at radius 2 is 1.91 bits per heavy atom. The second-order valence-corrected chi connectivity index (χ2v) is 8.90. The number of hydrogen-bond donors (Lipinski definition) is 0. The number of nitrogens with zero attached hydrogens (tertiary/aromatic N) is 4. The van der Waals surface area contributed by atoms with E-state index < -0.39 is 33.6 Å². The normalized spacial score (nSPS) is 17.2. The summed E-state index contributed by atoms with van der Waals surface area (Å²) in [6.07, 6.45) is 2.96. The lowest BCUT2D eigenvalue weighted by molar-refractivity contribution is -0.0501. The number of amides is 1. The van der Waals surface area contributed by atoms with Crippen LogP contribution in [0.1, 0.15) is 36.6 Å². The molecule has 2 aromatic heterocycles. The van der Waals surface area contributed by atoms with Crippen LogP contribution in [0.5, 0.6) is 5.88 Å². The lowest BCUT2D eigenvalue weighted by atomic mass is 10.00. The van der Waals surface area contributed by atoms with Crippen LogP contribution in [0.25, 0.3) is 5.65 Å². The lowest BCUT2D eigenvalue weighted by Gasteiger charge is -2.33. The highest BCUT2D eigenvalue weighted by Crippen LogP contribution is 2.32. The number of rotatable bonds is 5. The molecule has 4 rings (SSSR count). The van der Waals surface area contributed by atoms with Crippen molar-refractivity contribution in [2.24, 2.45) is 0 Å². The van der Waals surface area contributed by atoms with Gasteiger partial charge in [0.2, 0.25) is 5.88 Å². The van der Waals surface area contributed by atoms with E-state index in [0.717, 1.165) is 24.5 Å². The SMILES string of the molecule is O=C(OCc1ccccc1)N1CCCC[C@H]1c1cc2nc(OS(=O)(=O)C(F)(F)F)ccn2n1. The maximum absolute atomic E-state index is 12.7. The van der Waals surface area contributed by atoms with Crippen molar-refractivity contribution in [1.82, 2.24) is 19.5 Å². The Bertz CT molecular complexity index is 1250. The number of benzene rings is 1. The quantitative estimate of drug-likeness (QED) is 0.401. The van der Waals surface area contributed by atoms with Crippen LogP contribution in [-0.4, -0.2) is 46.1 Å². The van der Waals surface area contributed by atoms with Crippen LogP contribution in [0, 0.1) is 0 Å². The third-order valence-corrected chi connectivity index (χ3v) is 6.04. The predicted molar refractivity (Wildman–Crippen MR) is 109 cm³/mol. The molecule has 0 saturated carbocycles. The van der Waals surface area contributed by atoms with Gasteiger partial charge in [-0.25, -0.2) is 9.31 Å². The average molecular weight is 484 g/mol. The molecule has 33 heavy (non-hydrogen) atoms. The molecule has 0 radical (unpaired) electrons. The van der Waals surface area contributed by atoms with Gasteiger partial charge >= 0.3 is 21.7 Å². The molecule has 0 unspecified atom stereocenters. The van der Waals surface area contributed by atoms with Gasteiger partial charge in [-0.05, 0) is 24.8 Å². The Morgan fingerprint density at radius 1 is 1.15 bits per heavy atom. The topological polar surface area (TPSA) is 103 Å². The van der Waals surface area contributed by atoms with Crippen molar-refractivity contribution >= 4 is 21.9 Å². The van der Waals surface area contributed by atoms with E-state index in [4.69, 9.17) is 4.74 Å². The first-order chi connectivity index (χ1) is 15.6. The van der Waals surface area contributed by atoms with Crippen molar-refractivity contribution in [3.05, 3.63) is 59.9 Å². The van der Waals surface area contributed by atoms with Crippen molar-refractivity contribution in [1.29, 1.82) is 0 Å². The lowest BCUT2D eigenvalue weighted by Crippen LogP contribution is -2.39. The van der Waals surface area contributed by atoms with Crippen molar-refractivity contribution in [2.45, 2.75) is 37.4 Å². The first-order valence-corrected chi connectivity index (χ1v) is 11.4. The van der Waals surface area contributed by atoms with Crippen LogP contribution in [-0.2, 0) is 21.5 Å². The number of ether oxygens (including phenoxy) is 1. The van der Waals surface area contributed by atoms with Crippen molar-refractivity contribution in [3.63, 3.8) is 0 Å². The molecule has 0 aliphatic carbocycles. The highest BCUT2D eigenvalue weighted by Gasteiger charge is 2.49. The Labute approximate surface area is 186 Å². The van der Waals surface area contributed by atoms with Crippen molar-refractivity contribution in [2.75, 3.05) is 6.54 Å². The van der Waals surface area contributed by atoms with Gasteiger partial charge < -0.3 is 8.92 Å². The van der Waals surface area contributed by atoms with Gasteiger partial charge in [-0.2, -0.15) is 31.7 Å². The average Bonchev–Trinajstić information content (AvgIpc) is 3.20. The zero-order valence-corrected chi connectivity index (χ0v) is 17.9. The van der Waals surface area contributed by atoms with E-state index in [9.17, 15) is 26.4 Å². The van der Waals surface area contributed by atoms with Crippen LogP contribution in [0.2, 0.25) is 0 Å². The van der Waals surface area contributed by atoms with E-state index in [1.807, 2.05) is 30.3 Å². The molecule has 0 N–H and O–H groups in total. The molecular weight excluding hydrogens is 465 g/mol. The summed E-state index contributed by atoms with van der Waals surface area (Å²) < 4.78 is 70.9. The fraction of sp³-hybridized carbons (Fsp3) is 0.350. The number of fused-ring (bicyclic) bond motifs is 1. The third-order valence-electron chi connectivity index (χ3n) is 5.08. The number of aromatic nitrogens is 3. The Balaban J connectivity index is 1.53. The number of carbonyl (C=O) groups is 1. The van der Waals surface area contributed by atoms with Gasteiger partial charge in [0.05, 0.1) is 11.7 Å². The molecule has 13 heteroatoms. The fourth-order valence-corrected chi connectivity index (χ4v) is 3.92. The number of halogens is 3. The molecule has 0 spiro atoms. The molecule has 176 valence electrons. The summed E-state index contributed by atoms with van der Waals surface area (Å²) in [6, 6.07) is 11.2. The number of alkyl halides is 3. The summed E-state index contributed by atoms with van der Waals surface area (Å²) in [4.78, 5) is 18.1. The van der Waals surface area contributed by atoms with Crippen LogP contribution < -0.4 is 4.18 Å². The minimum absolute atomic E-state index is 0.0723. The van der Waals surface area contributed by atoms with Gasteiger partial charge in [-0.3, -0.25) is 4.90 Å². The minimum Gasteiger partial charge on any atom is -0.445 e. The highest BCUT2D eigenvalue weighted by molar-refractivity contribution is 7.87. The van der Waals surface area contributed by atoms with Gasteiger partial charge in [0.1, 0.15) is 6.61 Å². The summed E-state index contributed by atoms with van der Waals surface area (Å²) >= 11 is 0. The third kappa shape index (κ3) is 5.02.